The van der Waals surface area contributed by atoms with E-state index in [-0.39, 0.29) is 10.8 Å². The van der Waals surface area contributed by atoms with Crippen LogP contribution in [0.3, 0.4) is 0 Å². The van der Waals surface area contributed by atoms with Gasteiger partial charge in [0.05, 0.1) is 11.4 Å². The second kappa shape index (κ2) is 11.6. The average molecular weight is 575 g/mol. The Labute approximate surface area is 261 Å². The van der Waals surface area contributed by atoms with Crippen molar-refractivity contribution in [2.24, 2.45) is 0 Å². The maximum absolute atomic E-state index is 5.13. The molecule has 0 saturated heterocycles. The third-order valence-electron chi connectivity index (χ3n) is 7.88. The zero-order valence-corrected chi connectivity index (χ0v) is 26.3. The van der Waals surface area contributed by atoms with Crippen molar-refractivity contribution >= 4 is 0 Å². The van der Waals surface area contributed by atoms with Crippen molar-refractivity contribution < 1.29 is 0 Å². The highest BCUT2D eigenvalue weighted by atomic mass is 14.9. The van der Waals surface area contributed by atoms with Crippen LogP contribution in [0.25, 0.3) is 56.4 Å². The second-order valence-corrected chi connectivity index (χ2v) is 13.4. The van der Waals surface area contributed by atoms with Gasteiger partial charge in [0.1, 0.15) is 0 Å². The minimum atomic E-state index is -0.00327. The van der Waals surface area contributed by atoms with Gasteiger partial charge in [0.15, 0.2) is 11.6 Å². The lowest BCUT2D eigenvalue weighted by Crippen LogP contribution is -2.16. The molecular weight excluding hydrogens is 536 g/mol. The minimum absolute atomic E-state index is 0.00327. The smallest absolute Gasteiger partial charge is 0.160 e. The van der Waals surface area contributed by atoms with Gasteiger partial charge < -0.3 is 0 Å². The number of hydrogen-bond donors (Lipinski definition) is 0. The zero-order chi connectivity index (χ0) is 30.9. The Morgan fingerprint density at radius 2 is 0.818 bits per heavy atom. The predicted octanol–water partition coefficient (Wildman–Crippen LogP) is 10.2. The van der Waals surface area contributed by atoms with Gasteiger partial charge in [-0.15, -0.1) is 0 Å². The van der Waals surface area contributed by atoms with E-state index in [1.165, 1.54) is 11.1 Å². The fourth-order valence-corrected chi connectivity index (χ4v) is 5.25. The van der Waals surface area contributed by atoms with Gasteiger partial charge in [-0.3, -0.25) is 0 Å². The van der Waals surface area contributed by atoms with Crippen LogP contribution in [-0.2, 0) is 10.8 Å². The molecule has 2 heterocycles. The van der Waals surface area contributed by atoms with Gasteiger partial charge in [-0.05, 0) is 63.4 Å². The van der Waals surface area contributed by atoms with Crippen molar-refractivity contribution in [3.8, 4) is 56.4 Å². The molecule has 218 valence electrons. The highest BCUT2D eigenvalue weighted by Gasteiger charge is 2.22. The molecule has 0 atom stereocenters. The van der Waals surface area contributed by atoms with E-state index in [4.69, 9.17) is 9.97 Å². The van der Waals surface area contributed by atoms with Gasteiger partial charge in [-0.2, -0.15) is 0 Å². The van der Waals surface area contributed by atoms with E-state index in [1.807, 2.05) is 42.5 Å². The molecule has 6 rings (SSSR count). The number of nitrogens with zero attached hydrogens (tertiary/aromatic N) is 4. The second-order valence-electron chi connectivity index (χ2n) is 13.4. The first-order valence-corrected chi connectivity index (χ1v) is 15.1. The van der Waals surface area contributed by atoms with Gasteiger partial charge in [-0.25, -0.2) is 19.9 Å². The molecule has 44 heavy (non-hydrogen) atoms. The number of hydrogen-bond acceptors (Lipinski definition) is 4. The molecule has 0 unspecified atom stereocenters. The van der Waals surface area contributed by atoms with Crippen molar-refractivity contribution in [2.75, 3.05) is 0 Å². The van der Waals surface area contributed by atoms with E-state index in [2.05, 4.69) is 118 Å². The van der Waals surface area contributed by atoms with Crippen LogP contribution in [0, 0.1) is 0 Å². The van der Waals surface area contributed by atoms with Crippen LogP contribution < -0.4 is 0 Å². The molecule has 0 N–H and O–H groups in total. The summed E-state index contributed by atoms with van der Waals surface area (Å²) in [7, 11) is 0. The molecule has 0 aliphatic rings. The highest BCUT2D eigenvalue weighted by Crippen LogP contribution is 2.37. The van der Waals surface area contributed by atoms with Gasteiger partial charge in [0, 0.05) is 34.6 Å². The summed E-state index contributed by atoms with van der Waals surface area (Å²) in [5.41, 5.74) is 10.5. The topological polar surface area (TPSA) is 51.6 Å². The lowest BCUT2D eigenvalue weighted by molar-refractivity contribution is 0.569. The molecule has 0 aliphatic carbocycles. The Balaban J connectivity index is 1.61. The third kappa shape index (κ3) is 6.35. The maximum Gasteiger partial charge on any atom is 0.160 e. The van der Waals surface area contributed by atoms with Crippen LogP contribution in [0.4, 0.5) is 0 Å². The SMILES string of the molecule is CC(C)(C)c1cc(-c2cc(-c3ncccn3)cc(-c3nc(-c4ccccc4)cc(-c4ccccc4)n3)c2)cc(C(C)(C)C)c1. The lowest BCUT2D eigenvalue weighted by atomic mass is 9.78. The van der Waals surface area contributed by atoms with E-state index in [0.29, 0.717) is 11.6 Å². The van der Waals surface area contributed by atoms with Gasteiger partial charge in [0.25, 0.3) is 0 Å². The Kier molecular flexibility index (Phi) is 7.69. The molecule has 4 heteroatoms. The third-order valence-corrected chi connectivity index (χ3v) is 7.88. The average Bonchev–Trinajstić information content (AvgIpc) is 3.04. The van der Waals surface area contributed by atoms with Crippen LogP contribution in [0.15, 0.2) is 122 Å². The van der Waals surface area contributed by atoms with Crippen LogP contribution >= 0.6 is 0 Å². The van der Waals surface area contributed by atoms with Crippen molar-refractivity contribution in [3.05, 3.63) is 133 Å². The van der Waals surface area contributed by atoms with Crippen LogP contribution in [-0.4, -0.2) is 19.9 Å². The Morgan fingerprint density at radius 1 is 0.386 bits per heavy atom. The summed E-state index contributed by atoms with van der Waals surface area (Å²) in [6.45, 7) is 13.6. The van der Waals surface area contributed by atoms with Gasteiger partial charge in [0.2, 0.25) is 0 Å². The number of rotatable bonds is 5. The summed E-state index contributed by atoms with van der Waals surface area (Å²) < 4.78 is 0. The first kappa shape index (κ1) is 29.1. The van der Waals surface area contributed by atoms with Crippen LogP contribution in [0.1, 0.15) is 52.7 Å². The lowest BCUT2D eigenvalue weighted by Gasteiger charge is -2.26. The molecule has 0 radical (unpaired) electrons. The molecule has 0 aliphatic heterocycles. The van der Waals surface area contributed by atoms with E-state index in [0.717, 1.165) is 44.8 Å². The monoisotopic (exact) mass is 574 g/mol. The normalized spacial score (nSPS) is 11.9. The molecule has 4 aromatic carbocycles. The van der Waals surface area contributed by atoms with E-state index < -0.39 is 0 Å². The van der Waals surface area contributed by atoms with Crippen molar-refractivity contribution in [2.45, 2.75) is 52.4 Å². The maximum atomic E-state index is 5.13. The summed E-state index contributed by atoms with van der Waals surface area (Å²) in [5.74, 6) is 1.33. The molecule has 0 saturated carbocycles. The fourth-order valence-electron chi connectivity index (χ4n) is 5.25. The largest absolute Gasteiger partial charge is 0.237 e. The summed E-state index contributed by atoms with van der Waals surface area (Å²) in [5, 5.41) is 0. The summed E-state index contributed by atoms with van der Waals surface area (Å²) >= 11 is 0. The quantitative estimate of drug-likeness (QED) is 0.206. The zero-order valence-electron chi connectivity index (χ0n) is 26.3. The molecule has 0 spiro atoms. The van der Waals surface area contributed by atoms with E-state index in [9.17, 15) is 0 Å². The fraction of sp³-hybridized carbons (Fsp3) is 0.200. The molecule has 6 aromatic rings. The Hall–Kier alpha value is -4.96. The predicted molar refractivity (Wildman–Crippen MR) is 182 cm³/mol. The van der Waals surface area contributed by atoms with Crippen LogP contribution in [0.2, 0.25) is 0 Å². The van der Waals surface area contributed by atoms with Crippen molar-refractivity contribution in [1.29, 1.82) is 0 Å². The van der Waals surface area contributed by atoms with Crippen LogP contribution in [0.5, 0.6) is 0 Å². The first-order chi connectivity index (χ1) is 21.0. The molecule has 4 nitrogen and oxygen atoms in total. The first-order valence-electron chi connectivity index (χ1n) is 15.1. The summed E-state index contributed by atoms with van der Waals surface area (Å²) in [6, 6.07) is 38.0. The van der Waals surface area contributed by atoms with E-state index >= 15 is 0 Å². The molecular formula is C40H38N4. The van der Waals surface area contributed by atoms with E-state index in [1.54, 1.807) is 12.4 Å². The number of benzene rings is 4. The summed E-state index contributed by atoms with van der Waals surface area (Å²) in [6.07, 6.45) is 3.57. The molecule has 0 fully saturated rings. The molecule has 2 aromatic heterocycles. The standard InChI is InChI=1S/C40H38N4/c1-39(2,3)33-23-30(24-34(25-33)40(4,5)6)29-20-31(37-41-18-13-19-42-37)22-32(21-29)38-43-35(27-14-9-7-10-15-27)26-36(44-38)28-16-11-8-12-17-28/h7-26H,1-6H3. The highest BCUT2D eigenvalue weighted by molar-refractivity contribution is 5.80. The number of aromatic nitrogens is 4. The molecule has 0 bridgehead atoms. The summed E-state index contributed by atoms with van der Waals surface area (Å²) in [4.78, 5) is 19.5. The minimum Gasteiger partial charge on any atom is -0.237 e. The Bertz CT molecular complexity index is 1810. The van der Waals surface area contributed by atoms with Crippen molar-refractivity contribution in [3.63, 3.8) is 0 Å². The van der Waals surface area contributed by atoms with Gasteiger partial charge in [-0.1, -0.05) is 120 Å². The van der Waals surface area contributed by atoms with Gasteiger partial charge >= 0.3 is 0 Å². The Morgan fingerprint density at radius 3 is 1.30 bits per heavy atom. The van der Waals surface area contributed by atoms with Crippen molar-refractivity contribution in [1.82, 2.24) is 19.9 Å². The molecule has 0 amide bonds.